The maximum atomic E-state index is 13.8. The highest BCUT2D eigenvalue weighted by Crippen LogP contribution is 2.26. The largest absolute Gasteiger partial charge is 0.352 e. The molecule has 0 aliphatic heterocycles. The Bertz CT molecular complexity index is 1190. The number of halogens is 2. The fourth-order valence-electron chi connectivity index (χ4n) is 4.85. The standard InChI is InChI=1S/C31H34Cl2N2O2S/c32-27-17-16-24(20-28(27)33)22-35(30(36)18-19-38-26-14-8-3-9-15-26)29(21-23-10-4-1-5-11-23)31(37)34-25-12-6-2-7-13-25/h1,3-5,8-11,14-17,20,25,29H,2,6-7,12-13,18-19,21-22H2,(H,34,37)/t29-/m0/s1. The molecular formula is C31H34Cl2N2O2S. The van der Waals surface area contributed by atoms with E-state index in [2.05, 4.69) is 5.32 Å². The van der Waals surface area contributed by atoms with Gasteiger partial charge in [-0.15, -0.1) is 11.8 Å². The lowest BCUT2D eigenvalue weighted by Gasteiger charge is -2.33. The zero-order valence-corrected chi connectivity index (χ0v) is 23.8. The average Bonchev–Trinajstić information content (AvgIpc) is 2.94. The molecule has 0 heterocycles. The highest BCUT2D eigenvalue weighted by Gasteiger charge is 2.31. The molecule has 0 bridgehead atoms. The van der Waals surface area contributed by atoms with E-state index >= 15 is 0 Å². The Kier molecular flexibility index (Phi) is 11.0. The molecule has 3 aromatic rings. The molecule has 2 amide bonds. The second-order valence-electron chi connectivity index (χ2n) is 9.73. The molecule has 38 heavy (non-hydrogen) atoms. The molecular weight excluding hydrogens is 535 g/mol. The Morgan fingerprint density at radius 2 is 1.55 bits per heavy atom. The first-order valence-corrected chi connectivity index (χ1v) is 15.0. The van der Waals surface area contributed by atoms with Crippen molar-refractivity contribution >= 4 is 46.8 Å². The molecule has 4 rings (SSSR count). The van der Waals surface area contributed by atoms with Gasteiger partial charge in [0.1, 0.15) is 6.04 Å². The van der Waals surface area contributed by atoms with Gasteiger partial charge in [-0.25, -0.2) is 0 Å². The van der Waals surface area contributed by atoms with Crippen LogP contribution >= 0.6 is 35.0 Å². The molecule has 200 valence electrons. The summed E-state index contributed by atoms with van der Waals surface area (Å²) in [4.78, 5) is 30.5. The minimum atomic E-state index is -0.636. The minimum Gasteiger partial charge on any atom is -0.352 e. The van der Waals surface area contributed by atoms with Crippen LogP contribution in [-0.2, 0) is 22.6 Å². The molecule has 0 spiro atoms. The van der Waals surface area contributed by atoms with Crippen molar-refractivity contribution in [3.8, 4) is 0 Å². The van der Waals surface area contributed by atoms with Crippen molar-refractivity contribution in [1.82, 2.24) is 10.2 Å². The van der Waals surface area contributed by atoms with E-state index in [1.54, 1.807) is 28.8 Å². The van der Waals surface area contributed by atoms with Gasteiger partial charge in [-0.05, 0) is 48.2 Å². The molecule has 1 saturated carbocycles. The van der Waals surface area contributed by atoms with Gasteiger partial charge in [-0.3, -0.25) is 9.59 Å². The fraction of sp³-hybridized carbons (Fsp3) is 0.355. The van der Waals surface area contributed by atoms with E-state index in [1.807, 2.05) is 66.7 Å². The quantitative estimate of drug-likeness (QED) is 0.243. The lowest BCUT2D eigenvalue weighted by molar-refractivity contribution is -0.141. The number of hydrogen-bond donors (Lipinski definition) is 1. The normalized spacial score (nSPS) is 14.6. The van der Waals surface area contributed by atoms with E-state index < -0.39 is 6.04 Å². The van der Waals surface area contributed by atoms with Gasteiger partial charge in [-0.2, -0.15) is 0 Å². The number of nitrogens with one attached hydrogen (secondary N) is 1. The van der Waals surface area contributed by atoms with E-state index in [0.717, 1.165) is 41.7 Å². The number of benzene rings is 3. The predicted molar refractivity (Wildman–Crippen MR) is 158 cm³/mol. The van der Waals surface area contributed by atoms with Crippen LogP contribution in [-0.4, -0.2) is 34.6 Å². The van der Waals surface area contributed by atoms with Gasteiger partial charge in [0.15, 0.2) is 0 Å². The van der Waals surface area contributed by atoms with Crippen LogP contribution in [0.5, 0.6) is 0 Å². The van der Waals surface area contributed by atoms with Gasteiger partial charge in [0.05, 0.1) is 10.0 Å². The summed E-state index contributed by atoms with van der Waals surface area (Å²) >= 11 is 14.1. The van der Waals surface area contributed by atoms with Crippen LogP contribution in [0.2, 0.25) is 10.0 Å². The molecule has 0 aromatic heterocycles. The van der Waals surface area contributed by atoms with Crippen molar-refractivity contribution in [3.63, 3.8) is 0 Å². The monoisotopic (exact) mass is 568 g/mol. The molecule has 1 atom stereocenters. The molecule has 1 aliphatic rings. The summed E-state index contributed by atoms with van der Waals surface area (Å²) in [6.07, 6.45) is 6.19. The second-order valence-corrected chi connectivity index (χ2v) is 11.7. The third-order valence-corrected chi connectivity index (χ3v) is 8.64. The van der Waals surface area contributed by atoms with Gasteiger partial charge in [0.2, 0.25) is 11.8 Å². The number of hydrogen-bond acceptors (Lipinski definition) is 3. The molecule has 0 unspecified atom stereocenters. The van der Waals surface area contributed by atoms with E-state index in [0.29, 0.717) is 28.6 Å². The van der Waals surface area contributed by atoms with Gasteiger partial charge in [-0.1, -0.05) is 97.1 Å². The van der Waals surface area contributed by atoms with Crippen LogP contribution in [0.15, 0.2) is 83.8 Å². The Hall–Kier alpha value is -2.47. The van der Waals surface area contributed by atoms with Crippen LogP contribution < -0.4 is 5.32 Å². The highest BCUT2D eigenvalue weighted by atomic mass is 35.5. The summed E-state index contributed by atoms with van der Waals surface area (Å²) in [5.74, 6) is 0.479. The summed E-state index contributed by atoms with van der Waals surface area (Å²) in [5.41, 5.74) is 1.86. The Labute approximate surface area is 240 Å². The third kappa shape index (κ3) is 8.52. The highest BCUT2D eigenvalue weighted by molar-refractivity contribution is 7.99. The van der Waals surface area contributed by atoms with Crippen LogP contribution in [0, 0.1) is 0 Å². The summed E-state index contributed by atoms with van der Waals surface area (Å²) in [6, 6.07) is 24.9. The summed E-state index contributed by atoms with van der Waals surface area (Å²) in [6.45, 7) is 0.279. The molecule has 7 heteroatoms. The van der Waals surface area contributed by atoms with Crippen molar-refractivity contribution in [2.45, 2.75) is 68.5 Å². The molecule has 3 aromatic carbocycles. The van der Waals surface area contributed by atoms with Crippen LogP contribution in [0.4, 0.5) is 0 Å². The third-order valence-electron chi connectivity index (χ3n) is 6.89. The zero-order chi connectivity index (χ0) is 26.7. The van der Waals surface area contributed by atoms with Gasteiger partial charge >= 0.3 is 0 Å². The molecule has 1 fully saturated rings. The molecule has 0 radical (unpaired) electrons. The SMILES string of the molecule is O=C(NC1CCCCC1)[C@H](Cc1ccccc1)N(Cc1ccc(Cl)c(Cl)c1)C(=O)CCSc1ccccc1. The average molecular weight is 570 g/mol. The number of amides is 2. The zero-order valence-electron chi connectivity index (χ0n) is 21.5. The van der Waals surface area contributed by atoms with Gasteiger partial charge in [0, 0.05) is 36.1 Å². The topological polar surface area (TPSA) is 49.4 Å². The second kappa shape index (κ2) is 14.6. The molecule has 4 nitrogen and oxygen atoms in total. The number of carbonyl (C=O) groups excluding carboxylic acids is 2. The number of nitrogens with zero attached hydrogens (tertiary/aromatic N) is 1. The lowest BCUT2D eigenvalue weighted by Crippen LogP contribution is -2.52. The smallest absolute Gasteiger partial charge is 0.243 e. The first-order valence-electron chi connectivity index (χ1n) is 13.2. The van der Waals surface area contributed by atoms with Crippen molar-refractivity contribution < 1.29 is 9.59 Å². The Morgan fingerprint density at radius 1 is 0.868 bits per heavy atom. The fourth-order valence-corrected chi connectivity index (χ4v) is 6.03. The first kappa shape index (κ1) is 28.5. The van der Waals surface area contributed by atoms with E-state index in [9.17, 15) is 9.59 Å². The van der Waals surface area contributed by atoms with Crippen molar-refractivity contribution in [1.29, 1.82) is 0 Å². The van der Waals surface area contributed by atoms with Gasteiger partial charge in [0.25, 0.3) is 0 Å². The minimum absolute atomic E-state index is 0.0563. The molecule has 0 saturated heterocycles. The Morgan fingerprint density at radius 3 is 2.24 bits per heavy atom. The lowest BCUT2D eigenvalue weighted by atomic mass is 9.94. The van der Waals surface area contributed by atoms with Crippen LogP contribution in [0.3, 0.4) is 0 Å². The van der Waals surface area contributed by atoms with E-state index in [1.165, 1.54) is 6.42 Å². The van der Waals surface area contributed by atoms with Crippen molar-refractivity contribution in [3.05, 3.63) is 100 Å². The Balaban J connectivity index is 1.58. The van der Waals surface area contributed by atoms with E-state index in [4.69, 9.17) is 23.2 Å². The maximum Gasteiger partial charge on any atom is 0.243 e. The van der Waals surface area contributed by atoms with E-state index in [-0.39, 0.29) is 24.4 Å². The van der Waals surface area contributed by atoms with Crippen LogP contribution in [0.25, 0.3) is 0 Å². The maximum absolute atomic E-state index is 13.8. The summed E-state index contributed by atoms with van der Waals surface area (Å²) in [7, 11) is 0. The van der Waals surface area contributed by atoms with Crippen molar-refractivity contribution in [2.75, 3.05) is 5.75 Å². The number of thioether (sulfide) groups is 1. The number of carbonyl (C=O) groups is 2. The summed E-state index contributed by atoms with van der Waals surface area (Å²) in [5, 5.41) is 4.17. The predicted octanol–water partition coefficient (Wildman–Crippen LogP) is 7.56. The van der Waals surface area contributed by atoms with Crippen LogP contribution in [0.1, 0.15) is 49.7 Å². The molecule has 1 aliphatic carbocycles. The number of rotatable bonds is 11. The van der Waals surface area contributed by atoms with Gasteiger partial charge < -0.3 is 10.2 Å². The van der Waals surface area contributed by atoms with Crippen molar-refractivity contribution in [2.24, 2.45) is 0 Å². The first-order chi connectivity index (χ1) is 18.5. The molecule has 1 N–H and O–H groups in total. The summed E-state index contributed by atoms with van der Waals surface area (Å²) < 4.78 is 0.